The van der Waals surface area contributed by atoms with Gasteiger partial charge in [0.25, 0.3) is 0 Å². The van der Waals surface area contributed by atoms with E-state index < -0.39 is 0 Å². The van der Waals surface area contributed by atoms with E-state index in [0.29, 0.717) is 21.7 Å². The Bertz CT molecular complexity index is 1020. The van der Waals surface area contributed by atoms with Gasteiger partial charge in [-0.2, -0.15) is 0 Å². The van der Waals surface area contributed by atoms with Gasteiger partial charge in [0.1, 0.15) is 0 Å². The van der Waals surface area contributed by atoms with Crippen molar-refractivity contribution in [2.75, 3.05) is 0 Å². The molecule has 0 aliphatic heterocycles. The number of benzene rings is 3. The highest BCUT2D eigenvalue weighted by molar-refractivity contribution is 6.39. The van der Waals surface area contributed by atoms with Gasteiger partial charge in [0.05, 0.1) is 5.57 Å². The largest absolute Gasteiger partial charge is 0.288 e. The van der Waals surface area contributed by atoms with Gasteiger partial charge in [-0.25, -0.2) is 0 Å². The molecule has 120 valence electrons. The monoisotopic (exact) mass is 344 g/mol. The molecule has 1 aliphatic rings. The molecule has 0 atom stereocenters. The number of carbonyl (C=O) groups is 2. The van der Waals surface area contributed by atoms with Crippen molar-refractivity contribution in [1.82, 2.24) is 0 Å². The maximum atomic E-state index is 13.1. The van der Waals surface area contributed by atoms with Gasteiger partial charge < -0.3 is 0 Å². The number of fused-ring (bicyclic) bond motifs is 1. The van der Waals surface area contributed by atoms with Crippen molar-refractivity contribution in [3.63, 3.8) is 0 Å². The van der Waals surface area contributed by atoms with Gasteiger partial charge in [-0.3, -0.25) is 9.59 Å². The smallest absolute Gasteiger partial charge is 0.198 e. The van der Waals surface area contributed by atoms with Gasteiger partial charge in [0, 0.05) is 21.7 Å². The summed E-state index contributed by atoms with van der Waals surface area (Å²) in [6.45, 7) is 0. The molecule has 0 radical (unpaired) electrons. The Kier molecular flexibility index (Phi) is 3.83. The first kappa shape index (κ1) is 15.6. The highest BCUT2D eigenvalue weighted by atomic mass is 35.5. The molecule has 0 amide bonds. The molecule has 0 fully saturated rings. The van der Waals surface area contributed by atoms with Gasteiger partial charge in [0.15, 0.2) is 11.6 Å². The third-order valence-corrected chi connectivity index (χ3v) is 4.57. The molecule has 4 rings (SSSR count). The normalized spacial score (nSPS) is 13.1. The van der Waals surface area contributed by atoms with Crippen molar-refractivity contribution in [2.24, 2.45) is 0 Å². The fourth-order valence-corrected chi connectivity index (χ4v) is 3.27. The maximum Gasteiger partial charge on any atom is 0.198 e. The molecule has 25 heavy (non-hydrogen) atoms. The first-order valence-corrected chi connectivity index (χ1v) is 8.28. The van der Waals surface area contributed by atoms with E-state index >= 15 is 0 Å². The SMILES string of the molecule is O=C(C1=C(c2ccccc2)c2ccccc2C1=O)c1ccc(Cl)cc1. The van der Waals surface area contributed by atoms with Crippen LogP contribution >= 0.6 is 11.6 Å². The summed E-state index contributed by atoms with van der Waals surface area (Å²) in [5.41, 5.74) is 3.60. The van der Waals surface area contributed by atoms with Crippen LogP contribution in [0.2, 0.25) is 5.02 Å². The standard InChI is InChI=1S/C22H13ClO2/c23-16-12-10-15(11-13-16)21(24)20-19(14-6-2-1-3-7-14)17-8-4-5-9-18(17)22(20)25/h1-13H. The lowest BCUT2D eigenvalue weighted by atomic mass is 9.94. The molecule has 1 aliphatic carbocycles. The summed E-state index contributed by atoms with van der Waals surface area (Å²) in [4.78, 5) is 26.1. The molecule has 0 aromatic heterocycles. The molecule has 0 heterocycles. The predicted octanol–water partition coefficient (Wildman–Crippen LogP) is 5.22. The zero-order valence-corrected chi connectivity index (χ0v) is 14.0. The number of Topliss-reactive ketones (excluding diaryl/α,β-unsaturated/α-hetero) is 2. The van der Waals surface area contributed by atoms with Crippen LogP contribution in [0, 0.1) is 0 Å². The predicted molar refractivity (Wildman–Crippen MR) is 99.0 cm³/mol. The molecule has 3 aromatic rings. The van der Waals surface area contributed by atoms with Crippen LogP contribution in [-0.2, 0) is 0 Å². The van der Waals surface area contributed by atoms with Crippen molar-refractivity contribution < 1.29 is 9.59 Å². The summed E-state index contributed by atoms with van der Waals surface area (Å²) in [7, 11) is 0. The van der Waals surface area contributed by atoms with Gasteiger partial charge in [-0.15, -0.1) is 0 Å². The molecular formula is C22H13ClO2. The number of allylic oxidation sites excluding steroid dienone is 1. The number of halogens is 1. The topological polar surface area (TPSA) is 34.1 Å². The fraction of sp³-hybridized carbons (Fsp3) is 0. The fourth-order valence-electron chi connectivity index (χ4n) is 3.15. The first-order chi connectivity index (χ1) is 12.2. The molecule has 0 N–H and O–H groups in total. The summed E-state index contributed by atoms with van der Waals surface area (Å²) < 4.78 is 0. The highest BCUT2D eigenvalue weighted by Crippen LogP contribution is 2.38. The van der Waals surface area contributed by atoms with Crippen LogP contribution in [0.4, 0.5) is 0 Å². The second-order valence-corrected chi connectivity index (χ2v) is 6.26. The lowest BCUT2D eigenvalue weighted by molar-refractivity contribution is 0.0967. The van der Waals surface area contributed by atoms with Crippen molar-refractivity contribution >= 4 is 28.7 Å². The van der Waals surface area contributed by atoms with Crippen molar-refractivity contribution in [3.8, 4) is 0 Å². The minimum atomic E-state index is -0.281. The summed E-state index contributed by atoms with van der Waals surface area (Å²) in [6, 6.07) is 23.5. The Labute approximate surface area is 150 Å². The summed E-state index contributed by atoms with van der Waals surface area (Å²) >= 11 is 5.91. The van der Waals surface area contributed by atoms with Crippen molar-refractivity contribution in [2.45, 2.75) is 0 Å². The first-order valence-electron chi connectivity index (χ1n) is 7.91. The van der Waals surface area contributed by atoms with Crippen LogP contribution in [-0.4, -0.2) is 11.6 Å². The Morgan fingerprint density at radius 1 is 0.720 bits per heavy atom. The number of hydrogen-bond acceptors (Lipinski definition) is 2. The molecule has 3 aromatic carbocycles. The Balaban J connectivity index is 1.95. The average molecular weight is 345 g/mol. The molecule has 0 saturated heterocycles. The van der Waals surface area contributed by atoms with Gasteiger partial charge in [-0.1, -0.05) is 66.2 Å². The van der Waals surface area contributed by atoms with Crippen molar-refractivity contribution in [3.05, 3.63) is 112 Å². The second-order valence-electron chi connectivity index (χ2n) is 5.83. The van der Waals surface area contributed by atoms with E-state index in [0.717, 1.165) is 11.1 Å². The third-order valence-electron chi connectivity index (χ3n) is 4.31. The van der Waals surface area contributed by atoms with E-state index in [4.69, 9.17) is 11.6 Å². The molecular weight excluding hydrogens is 332 g/mol. The molecule has 0 saturated carbocycles. The van der Waals surface area contributed by atoms with E-state index in [2.05, 4.69) is 0 Å². The van der Waals surface area contributed by atoms with E-state index in [1.165, 1.54) is 0 Å². The minimum absolute atomic E-state index is 0.217. The van der Waals surface area contributed by atoms with Gasteiger partial charge in [-0.05, 0) is 35.4 Å². The lowest BCUT2D eigenvalue weighted by Gasteiger charge is -2.08. The maximum absolute atomic E-state index is 13.1. The Hall–Kier alpha value is -2.97. The van der Waals surface area contributed by atoms with E-state index in [-0.39, 0.29) is 17.1 Å². The molecule has 0 bridgehead atoms. The zero-order chi connectivity index (χ0) is 17.4. The molecule has 0 spiro atoms. The quantitative estimate of drug-likeness (QED) is 0.482. The van der Waals surface area contributed by atoms with Crippen LogP contribution in [0.25, 0.3) is 5.57 Å². The van der Waals surface area contributed by atoms with Gasteiger partial charge >= 0.3 is 0 Å². The Morgan fingerprint density at radius 3 is 2.00 bits per heavy atom. The highest BCUT2D eigenvalue weighted by Gasteiger charge is 2.34. The number of hydrogen-bond donors (Lipinski definition) is 0. The van der Waals surface area contributed by atoms with Crippen LogP contribution in [0.3, 0.4) is 0 Å². The lowest BCUT2D eigenvalue weighted by Crippen LogP contribution is -2.11. The Morgan fingerprint density at radius 2 is 1.32 bits per heavy atom. The summed E-state index contributed by atoms with van der Waals surface area (Å²) in [6.07, 6.45) is 0. The molecule has 2 nitrogen and oxygen atoms in total. The van der Waals surface area contributed by atoms with Crippen molar-refractivity contribution in [1.29, 1.82) is 0 Å². The van der Waals surface area contributed by atoms with Crippen LogP contribution < -0.4 is 0 Å². The summed E-state index contributed by atoms with van der Waals surface area (Å²) in [5, 5.41) is 0.551. The minimum Gasteiger partial charge on any atom is -0.288 e. The molecule has 3 heteroatoms. The average Bonchev–Trinajstić information content (AvgIpc) is 2.95. The summed E-state index contributed by atoms with van der Waals surface area (Å²) in [5.74, 6) is -0.508. The molecule has 0 unspecified atom stereocenters. The van der Waals surface area contributed by atoms with Crippen LogP contribution in [0.15, 0.2) is 84.4 Å². The van der Waals surface area contributed by atoms with E-state index in [1.807, 2.05) is 48.5 Å². The second kappa shape index (κ2) is 6.15. The number of ketones is 2. The van der Waals surface area contributed by atoms with Crippen LogP contribution in [0.5, 0.6) is 0 Å². The number of rotatable bonds is 3. The third kappa shape index (κ3) is 2.61. The zero-order valence-electron chi connectivity index (χ0n) is 13.2. The van der Waals surface area contributed by atoms with Gasteiger partial charge in [0.2, 0.25) is 0 Å². The van der Waals surface area contributed by atoms with E-state index in [1.54, 1.807) is 30.3 Å². The van der Waals surface area contributed by atoms with E-state index in [9.17, 15) is 9.59 Å². The number of carbonyl (C=O) groups excluding carboxylic acids is 2. The van der Waals surface area contributed by atoms with Crippen LogP contribution in [0.1, 0.15) is 31.8 Å².